The number of rotatable bonds is 7. The van der Waals surface area contributed by atoms with E-state index in [0.717, 1.165) is 29.7 Å². The second-order valence-electron chi connectivity index (χ2n) is 7.64. The van der Waals surface area contributed by atoms with Crippen molar-refractivity contribution >= 4 is 40.1 Å². The summed E-state index contributed by atoms with van der Waals surface area (Å²) in [4.78, 5) is 32.4. The van der Waals surface area contributed by atoms with Crippen LogP contribution in [0.2, 0.25) is 0 Å². The molecular weight excluding hydrogens is 432 g/mol. The van der Waals surface area contributed by atoms with E-state index in [4.69, 9.17) is 9.73 Å². The molecule has 168 valence electrons. The number of hydrogen-bond acceptors (Lipinski definition) is 5. The fourth-order valence-electron chi connectivity index (χ4n) is 3.67. The van der Waals surface area contributed by atoms with Crippen LogP contribution in [0.25, 0.3) is 5.57 Å². The third-order valence-corrected chi connectivity index (χ3v) is 6.25. The zero-order chi connectivity index (χ0) is 23.0. The van der Waals surface area contributed by atoms with E-state index in [-0.39, 0.29) is 11.9 Å². The van der Waals surface area contributed by atoms with Gasteiger partial charge in [0.2, 0.25) is 5.91 Å². The molecule has 0 N–H and O–H groups in total. The quantitative estimate of drug-likeness (QED) is 0.316. The Kier molecular flexibility index (Phi) is 7.58. The number of esters is 1. The van der Waals surface area contributed by atoms with Gasteiger partial charge in [-0.05, 0) is 29.7 Å². The average molecular weight is 459 g/mol. The molecule has 2 aromatic carbocycles. The minimum absolute atomic E-state index is 0.00642. The van der Waals surface area contributed by atoms with Crippen LogP contribution in [-0.4, -0.2) is 35.4 Å². The number of anilines is 1. The third-order valence-electron chi connectivity index (χ3n) is 5.31. The smallest absolute Gasteiger partial charge is 0.339 e. The fourth-order valence-corrected chi connectivity index (χ4v) is 4.58. The molecule has 1 aliphatic heterocycles. The predicted octanol–water partition coefficient (Wildman–Crippen LogP) is 5.41. The molecule has 0 radical (unpaired) electrons. The van der Waals surface area contributed by atoms with Crippen molar-refractivity contribution in [2.24, 2.45) is 4.99 Å². The summed E-state index contributed by atoms with van der Waals surface area (Å²) >= 11 is 1.41. The van der Waals surface area contributed by atoms with E-state index in [1.54, 1.807) is 4.90 Å². The minimum Gasteiger partial charge on any atom is -0.462 e. The highest BCUT2D eigenvalue weighted by Gasteiger charge is 2.31. The van der Waals surface area contributed by atoms with E-state index in [1.165, 1.54) is 11.8 Å². The summed E-state index contributed by atoms with van der Waals surface area (Å²) in [5.41, 5.74) is 2.83. The van der Waals surface area contributed by atoms with Crippen molar-refractivity contribution in [2.45, 2.75) is 25.8 Å². The molecule has 1 fully saturated rings. The second kappa shape index (κ2) is 11.0. The maximum Gasteiger partial charge on any atom is 0.339 e. The molecule has 4 rings (SSSR count). The van der Waals surface area contributed by atoms with Crippen LogP contribution >= 0.6 is 11.8 Å². The van der Waals surface area contributed by atoms with Gasteiger partial charge in [0.1, 0.15) is 0 Å². The number of benzene rings is 2. The Morgan fingerprint density at radius 2 is 1.82 bits per heavy atom. The van der Waals surface area contributed by atoms with E-state index >= 15 is 0 Å². The van der Waals surface area contributed by atoms with Gasteiger partial charge in [0, 0.05) is 0 Å². The second-order valence-corrected chi connectivity index (χ2v) is 8.58. The molecule has 0 aromatic heterocycles. The Morgan fingerprint density at radius 3 is 2.55 bits per heavy atom. The molecule has 1 saturated heterocycles. The number of carbonyl (C=O) groups excluding carboxylic acids is 2. The van der Waals surface area contributed by atoms with Crippen LogP contribution in [0.1, 0.15) is 25.3 Å². The van der Waals surface area contributed by atoms with E-state index in [9.17, 15) is 9.59 Å². The number of allylic oxidation sites excluding steroid dienone is 2. The lowest BCUT2D eigenvalue weighted by atomic mass is 9.92. The van der Waals surface area contributed by atoms with Gasteiger partial charge in [-0.25, -0.2) is 9.79 Å². The molecule has 0 bridgehead atoms. The summed E-state index contributed by atoms with van der Waals surface area (Å²) in [5, 5.41) is 0.625. The summed E-state index contributed by atoms with van der Waals surface area (Å²) in [6, 6.07) is 18.6. The first-order chi connectivity index (χ1) is 16.2. The molecule has 1 aliphatic carbocycles. The first-order valence-electron chi connectivity index (χ1n) is 11.1. The number of carbonyl (C=O) groups is 2. The van der Waals surface area contributed by atoms with Gasteiger partial charge in [0.15, 0.2) is 5.17 Å². The van der Waals surface area contributed by atoms with Crippen molar-refractivity contribution in [3.05, 3.63) is 96.1 Å². The number of amides is 1. The van der Waals surface area contributed by atoms with Gasteiger partial charge in [-0.15, -0.1) is 0 Å². The molecule has 6 heteroatoms. The standard InChI is InChI=1S/C27H26N2O3S/c1-2-3-18-32-26(31)25(20-12-6-4-7-13-20)22-16-10-11-17-23(22)28-27-29(24(30)19-33-27)21-14-8-5-9-15-21/h4-17,23H,2-3,18-19H2,1H3. The largest absolute Gasteiger partial charge is 0.462 e. The van der Waals surface area contributed by atoms with Crippen molar-refractivity contribution in [3.8, 4) is 0 Å². The van der Waals surface area contributed by atoms with E-state index < -0.39 is 6.04 Å². The zero-order valence-corrected chi connectivity index (χ0v) is 19.3. The predicted molar refractivity (Wildman–Crippen MR) is 135 cm³/mol. The SMILES string of the molecule is CCCCOC(=O)C(=C1C=CC=CC1N=C1SCC(=O)N1c1ccccc1)c1ccccc1. The summed E-state index contributed by atoms with van der Waals surface area (Å²) in [5.74, 6) is -0.0261. The molecule has 1 atom stereocenters. The molecule has 1 amide bonds. The first-order valence-corrected chi connectivity index (χ1v) is 12.1. The summed E-state index contributed by atoms with van der Waals surface area (Å²) in [6.07, 6.45) is 9.43. The summed E-state index contributed by atoms with van der Waals surface area (Å²) in [7, 11) is 0. The molecule has 1 heterocycles. The number of hydrogen-bond donors (Lipinski definition) is 0. The van der Waals surface area contributed by atoms with Crippen molar-refractivity contribution in [1.82, 2.24) is 0 Å². The molecule has 5 nitrogen and oxygen atoms in total. The van der Waals surface area contributed by atoms with Gasteiger partial charge in [0.25, 0.3) is 0 Å². The first kappa shape index (κ1) is 22.8. The number of amidine groups is 1. The Balaban J connectivity index is 1.75. The third kappa shape index (κ3) is 5.34. The van der Waals surface area contributed by atoms with Gasteiger partial charge in [-0.3, -0.25) is 9.69 Å². The van der Waals surface area contributed by atoms with Crippen molar-refractivity contribution in [3.63, 3.8) is 0 Å². The van der Waals surface area contributed by atoms with Crippen LogP contribution in [0.5, 0.6) is 0 Å². The lowest BCUT2D eigenvalue weighted by Gasteiger charge is -2.21. The topological polar surface area (TPSA) is 59.0 Å². The molecule has 2 aliphatic rings. The average Bonchev–Trinajstić information content (AvgIpc) is 3.21. The maximum absolute atomic E-state index is 13.2. The molecule has 2 aromatic rings. The van der Waals surface area contributed by atoms with Crippen molar-refractivity contribution in [2.75, 3.05) is 17.3 Å². The fraction of sp³-hybridized carbons (Fsp3) is 0.222. The molecule has 1 unspecified atom stereocenters. The summed E-state index contributed by atoms with van der Waals surface area (Å²) in [6.45, 7) is 2.44. The van der Waals surface area contributed by atoms with Crippen LogP contribution in [0, 0.1) is 0 Å². The van der Waals surface area contributed by atoms with Crippen LogP contribution in [-0.2, 0) is 14.3 Å². The number of thioether (sulfide) groups is 1. The lowest BCUT2D eigenvalue weighted by Crippen LogP contribution is -2.30. The Morgan fingerprint density at radius 1 is 1.09 bits per heavy atom. The van der Waals surface area contributed by atoms with Gasteiger partial charge in [-0.2, -0.15) is 0 Å². The van der Waals surface area contributed by atoms with Gasteiger partial charge < -0.3 is 4.74 Å². The number of ether oxygens (including phenoxy) is 1. The summed E-state index contributed by atoms with van der Waals surface area (Å²) < 4.78 is 5.61. The van der Waals surface area contributed by atoms with E-state index in [1.807, 2.05) is 85.0 Å². The van der Waals surface area contributed by atoms with Gasteiger partial charge >= 0.3 is 5.97 Å². The van der Waals surface area contributed by atoms with E-state index in [2.05, 4.69) is 6.92 Å². The molecule has 33 heavy (non-hydrogen) atoms. The van der Waals surface area contributed by atoms with Crippen molar-refractivity contribution < 1.29 is 14.3 Å². The van der Waals surface area contributed by atoms with Gasteiger partial charge in [0.05, 0.1) is 29.7 Å². The zero-order valence-electron chi connectivity index (χ0n) is 18.5. The van der Waals surface area contributed by atoms with E-state index in [0.29, 0.717) is 23.1 Å². The lowest BCUT2D eigenvalue weighted by molar-refractivity contribution is -0.136. The monoisotopic (exact) mass is 458 g/mol. The Bertz CT molecular complexity index is 1120. The highest BCUT2D eigenvalue weighted by atomic mass is 32.2. The number of unbranched alkanes of at least 4 members (excludes halogenated alkanes) is 1. The van der Waals surface area contributed by atoms with Gasteiger partial charge in [-0.1, -0.05) is 97.9 Å². The minimum atomic E-state index is -0.413. The number of nitrogens with zero attached hydrogens (tertiary/aromatic N) is 2. The van der Waals surface area contributed by atoms with Crippen molar-refractivity contribution in [1.29, 1.82) is 0 Å². The Labute approximate surface area is 198 Å². The molecule has 0 saturated carbocycles. The van der Waals surface area contributed by atoms with Crippen LogP contribution in [0.3, 0.4) is 0 Å². The number of aliphatic imine (C=N–C) groups is 1. The normalized spacial score (nSPS) is 20.4. The highest BCUT2D eigenvalue weighted by molar-refractivity contribution is 8.15. The maximum atomic E-state index is 13.2. The molecular formula is C27H26N2O3S. The number of para-hydroxylation sites is 1. The molecule has 0 spiro atoms. The Hall–Kier alpha value is -3.38. The highest BCUT2D eigenvalue weighted by Crippen LogP contribution is 2.31. The van der Waals surface area contributed by atoms with Crippen LogP contribution in [0.15, 0.2) is 95.5 Å². The van der Waals surface area contributed by atoms with Crippen LogP contribution < -0.4 is 4.90 Å². The van der Waals surface area contributed by atoms with Crippen LogP contribution in [0.4, 0.5) is 5.69 Å².